The average Bonchev–Trinajstić information content (AvgIpc) is 3.41. The highest BCUT2D eigenvalue weighted by Gasteiger charge is 2.69. The van der Waals surface area contributed by atoms with Gasteiger partial charge in [-0.2, -0.15) is 0 Å². The van der Waals surface area contributed by atoms with Gasteiger partial charge in [-0.3, -0.25) is 28.8 Å². The van der Waals surface area contributed by atoms with E-state index in [0.29, 0.717) is 24.9 Å². The summed E-state index contributed by atoms with van der Waals surface area (Å²) in [7, 11) is 3.14. The quantitative estimate of drug-likeness (QED) is 0.292. The first-order valence-electron chi connectivity index (χ1n) is 19.4. The first-order valence-corrected chi connectivity index (χ1v) is 19.4. The van der Waals surface area contributed by atoms with Crippen molar-refractivity contribution in [3.05, 3.63) is 35.9 Å². The van der Waals surface area contributed by atoms with Crippen molar-refractivity contribution in [1.29, 1.82) is 0 Å². The Morgan fingerprint density at radius 1 is 0.926 bits per heavy atom. The lowest BCUT2D eigenvalue weighted by Crippen LogP contribution is -2.58. The molecular weight excluding hydrogens is 692 g/mol. The van der Waals surface area contributed by atoms with Gasteiger partial charge in [0.1, 0.15) is 23.7 Å². The van der Waals surface area contributed by atoms with Crippen LogP contribution in [-0.2, 0) is 33.5 Å². The zero-order valence-electron chi connectivity index (χ0n) is 33.0. The Morgan fingerprint density at radius 3 is 2.11 bits per heavy atom. The van der Waals surface area contributed by atoms with Crippen LogP contribution < -0.4 is 21.3 Å². The number of fused-ring (bicyclic) bond motifs is 3. The normalized spacial score (nSPS) is 25.4. The van der Waals surface area contributed by atoms with E-state index in [1.165, 1.54) is 9.80 Å². The van der Waals surface area contributed by atoms with Gasteiger partial charge in [0.05, 0.1) is 12.6 Å². The van der Waals surface area contributed by atoms with Gasteiger partial charge in [0.2, 0.25) is 29.4 Å². The van der Waals surface area contributed by atoms with Gasteiger partial charge >= 0.3 is 6.09 Å². The van der Waals surface area contributed by atoms with E-state index in [9.17, 15) is 33.6 Å². The van der Waals surface area contributed by atoms with Gasteiger partial charge in [-0.15, -0.1) is 0 Å². The Morgan fingerprint density at radius 2 is 1.52 bits per heavy atom. The molecule has 2 heterocycles. The molecule has 0 bridgehead atoms. The number of piperidine rings is 1. The third-order valence-corrected chi connectivity index (χ3v) is 10.9. The molecule has 54 heavy (non-hydrogen) atoms. The van der Waals surface area contributed by atoms with E-state index in [-0.39, 0.29) is 35.5 Å². The fourth-order valence-corrected chi connectivity index (χ4v) is 7.81. The number of Topliss-reactive ketones (excluding diaryl/α,β-unsaturated/α-hetero) is 1. The van der Waals surface area contributed by atoms with Gasteiger partial charge in [-0.05, 0) is 56.4 Å². The maximum absolute atomic E-state index is 14.2. The minimum absolute atomic E-state index is 0.0556. The molecule has 0 unspecified atom stereocenters. The molecule has 1 aromatic carbocycles. The Bertz CT molecular complexity index is 1540. The molecule has 0 radical (unpaired) electrons. The largest absolute Gasteiger partial charge is 0.444 e. The minimum atomic E-state index is -1.18. The highest BCUT2D eigenvalue weighted by Crippen LogP contribution is 2.65. The number of ketones is 1. The highest BCUT2D eigenvalue weighted by molar-refractivity contribution is 6.38. The van der Waals surface area contributed by atoms with Crippen molar-refractivity contribution in [3.63, 3.8) is 0 Å². The van der Waals surface area contributed by atoms with Crippen LogP contribution in [0.2, 0.25) is 0 Å². The monoisotopic (exact) mass is 752 g/mol. The molecule has 4 N–H and O–H groups in total. The molecular formula is C40H60N6O8. The summed E-state index contributed by atoms with van der Waals surface area (Å²) in [5, 5.41) is 10.6. The molecule has 14 nitrogen and oxygen atoms in total. The van der Waals surface area contributed by atoms with E-state index in [4.69, 9.17) is 4.74 Å². The lowest BCUT2D eigenvalue weighted by molar-refractivity contribution is -0.144. The van der Waals surface area contributed by atoms with E-state index >= 15 is 0 Å². The van der Waals surface area contributed by atoms with Crippen LogP contribution in [0.3, 0.4) is 0 Å². The predicted octanol–water partition coefficient (Wildman–Crippen LogP) is 3.39. The van der Waals surface area contributed by atoms with Crippen molar-refractivity contribution in [1.82, 2.24) is 31.1 Å². The summed E-state index contributed by atoms with van der Waals surface area (Å²) in [6.45, 7) is 9.09. The Labute approximate surface area is 319 Å². The van der Waals surface area contributed by atoms with Crippen LogP contribution in [-0.4, -0.2) is 102 Å². The molecule has 0 aromatic heterocycles. The lowest BCUT2D eigenvalue weighted by atomic mass is 9.97. The number of carbonyl (C=O) groups excluding carboxylic acids is 7. The first kappa shape index (κ1) is 42.3. The zero-order valence-corrected chi connectivity index (χ0v) is 33.0. The second kappa shape index (κ2) is 18.2. The summed E-state index contributed by atoms with van der Waals surface area (Å²) in [5.41, 5.74) is -0.427. The molecule has 4 rings (SSSR count). The topological polar surface area (TPSA) is 183 Å². The fourth-order valence-electron chi connectivity index (χ4n) is 7.81. The van der Waals surface area contributed by atoms with E-state index in [2.05, 4.69) is 21.3 Å². The standard InChI is InChI=1S/C40H60N6O8/c1-39(2,3)54-38(53)43-28-22-18-13-11-9-8-10-12-17-21-27(42-34(49)32-30-26(40(30,4)5)24-46(32)36(28)51)33(48)35(50)41-23-29(47)44-31(37(52)45(6)7)25-19-15-14-16-20-25/h14-16,19-20,26-28,30-32H,8-13,17-18,21-24H2,1-7H3,(H,41,50)(H,42,49)(H,43,53)(H,44,47)/t26-,27+,28+,30-,31+,32+/m1/s1. The summed E-state index contributed by atoms with van der Waals surface area (Å²) in [4.78, 5) is 96.9. The number of nitrogens with zero attached hydrogens (tertiary/aromatic N) is 2. The van der Waals surface area contributed by atoms with Crippen LogP contribution in [0.4, 0.5) is 4.79 Å². The molecule has 14 heteroatoms. The van der Waals surface area contributed by atoms with E-state index in [1.807, 2.05) is 13.8 Å². The molecule has 6 atom stereocenters. The summed E-state index contributed by atoms with van der Waals surface area (Å²) < 4.78 is 5.48. The Balaban J connectivity index is 1.50. The van der Waals surface area contributed by atoms with E-state index in [0.717, 1.165) is 44.9 Å². The molecule has 1 saturated carbocycles. The molecule has 298 valence electrons. The van der Waals surface area contributed by atoms with E-state index < -0.39 is 65.9 Å². The van der Waals surface area contributed by atoms with E-state index in [1.54, 1.807) is 65.2 Å². The van der Waals surface area contributed by atoms with Gasteiger partial charge in [-0.25, -0.2) is 4.79 Å². The number of amides is 6. The molecule has 2 aliphatic heterocycles. The van der Waals surface area contributed by atoms with Crippen LogP contribution in [0.1, 0.15) is 110 Å². The smallest absolute Gasteiger partial charge is 0.408 e. The lowest BCUT2D eigenvalue weighted by Gasteiger charge is -2.34. The first-order chi connectivity index (χ1) is 25.4. The number of hydrogen-bond acceptors (Lipinski definition) is 8. The summed E-state index contributed by atoms with van der Waals surface area (Å²) in [6.07, 6.45) is 6.77. The number of rotatable bonds is 8. The average molecular weight is 753 g/mol. The van der Waals surface area contributed by atoms with Crippen LogP contribution in [0, 0.1) is 17.3 Å². The second-order valence-corrected chi connectivity index (χ2v) is 16.7. The number of alkyl carbamates (subject to hydrolysis) is 1. The van der Waals surface area contributed by atoms with Gasteiger partial charge in [0.15, 0.2) is 0 Å². The predicted molar refractivity (Wildman–Crippen MR) is 202 cm³/mol. The summed E-state index contributed by atoms with van der Waals surface area (Å²) in [5.74, 6) is -3.99. The fraction of sp³-hybridized carbons (Fsp3) is 0.675. The summed E-state index contributed by atoms with van der Waals surface area (Å²) in [6, 6.07) is 4.71. The van der Waals surface area contributed by atoms with Crippen molar-refractivity contribution >= 4 is 41.4 Å². The number of likely N-dealkylation sites (N-methyl/N-ethyl adjacent to an activating group) is 1. The summed E-state index contributed by atoms with van der Waals surface area (Å²) >= 11 is 0. The van der Waals surface area contributed by atoms with Gasteiger partial charge in [0, 0.05) is 20.6 Å². The molecule has 2 saturated heterocycles. The van der Waals surface area contributed by atoms with Crippen LogP contribution >= 0.6 is 0 Å². The maximum atomic E-state index is 14.2. The molecule has 1 aliphatic carbocycles. The zero-order chi connectivity index (χ0) is 39.8. The molecule has 6 amide bonds. The number of nitrogens with one attached hydrogen (secondary N) is 4. The molecule has 0 spiro atoms. The van der Waals surface area contributed by atoms with Crippen molar-refractivity contribution in [2.24, 2.45) is 17.3 Å². The van der Waals surface area contributed by atoms with Crippen molar-refractivity contribution in [3.8, 4) is 0 Å². The third-order valence-electron chi connectivity index (χ3n) is 10.9. The Hall–Kier alpha value is -4.49. The van der Waals surface area contributed by atoms with Gasteiger partial charge in [0.25, 0.3) is 5.91 Å². The number of benzene rings is 1. The molecule has 3 fully saturated rings. The Kier molecular flexibility index (Phi) is 14.3. The highest BCUT2D eigenvalue weighted by atomic mass is 16.6. The van der Waals surface area contributed by atoms with Gasteiger partial charge < -0.3 is 35.8 Å². The van der Waals surface area contributed by atoms with Gasteiger partial charge in [-0.1, -0.05) is 95.5 Å². The number of ether oxygens (including phenoxy) is 1. The SMILES string of the molecule is CN(C)C(=O)[C@@H](NC(=O)CNC(=O)C(=O)[C@@H]1CCCCCCCCCC[C@H](NC(=O)OC(C)(C)C)C(=O)N2C[C@@H]3[C@H]([C@H]2C(=O)N1)C3(C)C)c1ccccc1. The van der Waals surface area contributed by atoms with Crippen molar-refractivity contribution in [2.45, 2.75) is 129 Å². The number of hydrogen-bond donors (Lipinski definition) is 4. The molecule has 3 aliphatic rings. The van der Waals surface area contributed by atoms with Crippen molar-refractivity contribution in [2.75, 3.05) is 27.2 Å². The minimum Gasteiger partial charge on any atom is -0.444 e. The van der Waals surface area contributed by atoms with Crippen molar-refractivity contribution < 1.29 is 38.3 Å². The van der Waals surface area contributed by atoms with Crippen LogP contribution in [0.15, 0.2) is 30.3 Å². The third kappa shape index (κ3) is 11.0. The van der Waals surface area contributed by atoms with Crippen LogP contribution in [0.5, 0.6) is 0 Å². The number of carbonyl (C=O) groups is 7. The van der Waals surface area contributed by atoms with Crippen LogP contribution in [0.25, 0.3) is 0 Å². The molecule has 1 aromatic rings. The second-order valence-electron chi connectivity index (χ2n) is 16.7. The maximum Gasteiger partial charge on any atom is 0.408 e.